The van der Waals surface area contributed by atoms with E-state index >= 15 is 0 Å². The zero-order valence-corrected chi connectivity index (χ0v) is 11.7. The third-order valence-electron chi connectivity index (χ3n) is 4.08. The fraction of sp³-hybridized carbons (Fsp3) is 0.167. The molecule has 0 fully saturated rings. The summed E-state index contributed by atoms with van der Waals surface area (Å²) in [5.74, 6) is 0. The minimum Gasteiger partial charge on any atom is -0.304 e. The van der Waals surface area contributed by atoms with E-state index in [0.717, 1.165) is 13.1 Å². The number of hydrogen-bond acceptors (Lipinski definition) is 2. The number of benzene rings is 2. The Balaban J connectivity index is 1.59. The van der Waals surface area contributed by atoms with Crippen LogP contribution in [0.25, 0.3) is 11.1 Å². The molecule has 1 heterocycles. The third kappa shape index (κ3) is 2.16. The molecular weight excluding hydrogens is 258 g/mol. The fourth-order valence-corrected chi connectivity index (χ4v) is 3.13. The van der Waals surface area contributed by atoms with E-state index in [4.69, 9.17) is 0 Å². The molecule has 0 aliphatic heterocycles. The van der Waals surface area contributed by atoms with Crippen molar-refractivity contribution < 1.29 is 0 Å². The highest BCUT2D eigenvalue weighted by Crippen LogP contribution is 2.42. The molecule has 2 aromatic carbocycles. The molecule has 0 atom stereocenters. The van der Waals surface area contributed by atoms with E-state index in [0.29, 0.717) is 0 Å². The summed E-state index contributed by atoms with van der Waals surface area (Å²) in [5.41, 5.74) is 5.45. The predicted octanol–water partition coefficient (Wildman–Crippen LogP) is 3.24. The topological polar surface area (TPSA) is 29.9 Å². The SMILES string of the molecule is c1ccc2c(c1)-c1ccccc1C2NCCn1cccn1. The van der Waals surface area contributed by atoms with Gasteiger partial charge in [-0.05, 0) is 28.3 Å². The first-order chi connectivity index (χ1) is 10.4. The van der Waals surface area contributed by atoms with E-state index in [1.807, 2.05) is 23.1 Å². The first-order valence-electron chi connectivity index (χ1n) is 7.32. The van der Waals surface area contributed by atoms with Gasteiger partial charge in [-0.15, -0.1) is 0 Å². The Hall–Kier alpha value is -2.39. The summed E-state index contributed by atoms with van der Waals surface area (Å²) in [6, 6.07) is 19.6. The average Bonchev–Trinajstić information content (AvgIpc) is 3.15. The Morgan fingerprint density at radius 1 is 0.905 bits per heavy atom. The molecule has 1 aliphatic carbocycles. The van der Waals surface area contributed by atoms with Crippen LogP contribution in [0.5, 0.6) is 0 Å². The molecule has 0 saturated heterocycles. The van der Waals surface area contributed by atoms with E-state index in [2.05, 4.69) is 58.9 Å². The highest BCUT2D eigenvalue weighted by Gasteiger charge is 2.27. The van der Waals surface area contributed by atoms with Crippen molar-refractivity contribution in [2.45, 2.75) is 12.6 Å². The van der Waals surface area contributed by atoms with Crippen LogP contribution in [0.2, 0.25) is 0 Å². The van der Waals surface area contributed by atoms with E-state index < -0.39 is 0 Å². The summed E-state index contributed by atoms with van der Waals surface area (Å²) in [7, 11) is 0. The van der Waals surface area contributed by atoms with Crippen molar-refractivity contribution in [2.75, 3.05) is 6.54 Å². The normalized spacial score (nSPS) is 13.1. The van der Waals surface area contributed by atoms with Crippen molar-refractivity contribution >= 4 is 0 Å². The van der Waals surface area contributed by atoms with Crippen LogP contribution in [0.4, 0.5) is 0 Å². The van der Waals surface area contributed by atoms with Crippen molar-refractivity contribution in [3.63, 3.8) is 0 Å². The summed E-state index contributed by atoms with van der Waals surface area (Å²) in [5, 5.41) is 7.92. The van der Waals surface area contributed by atoms with Gasteiger partial charge in [0.25, 0.3) is 0 Å². The Kier molecular flexibility index (Phi) is 3.05. The molecule has 104 valence electrons. The maximum atomic E-state index is 4.25. The molecule has 4 rings (SSSR count). The maximum Gasteiger partial charge on any atom is 0.0589 e. The molecule has 0 radical (unpaired) electrons. The summed E-state index contributed by atoms with van der Waals surface area (Å²) in [6.45, 7) is 1.78. The smallest absolute Gasteiger partial charge is 0.0589 e. The van der Waals surface area contributed by atoms with Gasteiger partial charge in [0.05, 0.1) is 12.6 Å². The Labute approximate surface area is 124 Å². The van der Waals surface area contributed by atoms with Crippen molar-refractivity contribution in [3.05, 3.63) is 78.1 Å². The zero-order valence-electron chi connectivity index (χ0n) is 11.7. The molecule has 1 aromatic heterocycles. The van der Waals surface area contributed by atoms with Crippen LogP contribution in [0.15, 0.2) is 67.0 Å². The zero-order chi connectivity index (χ0) is 14.1. The molecule has 1 aliphatic rings. The van der Waals surface area contributed by atoms with Gasteiger partial charge in [0.15, 0.2) is 0 Å². The van der Waals surface area contributed by atoms with E-state index in [-0.39, 0.29) is 6.04 Å². The Morgan fingerprint density at radius 3 is 2.19 bits per heavy atom. The molecule has 0 bridgehead atoms. The largest absolute Gasteiger partial charge is 0.304 e. The van der Waals surface area contributed by atoms with Gasteiger partial charge in [-0.25, -0.2) is 0 Å². The van der Waals surface area contributed by atoms with Crippen LogP contribution in [0.1, 0.15) is 17.2 Å². The second-order valence-corrected chi connectivity index (χ2v) is 5.33. The van der Waals surface area contributed by atoms with Crippen LogP contribution in [0, 0.1) is 0 Å². The Morgan fingerprint density at radius 2 is 1.57 bits per heavy atom. The fourth-order valence-electron chi connectivity index (χ4n) is 3.13. The lowest BCUT2D eigenvalue weighted by Gasteiger charge is -2.15. The van der Waals surface area contributed by atoms with Crippen molar-refractivity contribution in [1.29, 1.82) is 0 Å². The Bertz CT molecular complexity index is 701. The van der Waals surface area contributed by atoms with Gasteiger partial charge in [0.1, 0.15) is 0 Å². The van der Waals surface area contributed by atoms with E-state index in [1.54, 1.807) is 0 Å². The third-order valence-corrected chi connectivity index (χ3v) is 4.08. The van der Waals surface area contributed by atoms with E-state index in [9.17, 15) is 0 Å². The molecule has 3 heteroatoms. The van der Waals surface area contributed by atoms with Crippen LogP contribution in [0.3, 0.4) is 0 Å². The highest BCUT2D eigenvalue weighted by molar-refractivity contribution is 5.78. The molecule has 0 spiro atoms. The number of fused-ring (bicyclic) bond motifs is 3. The second kappa shape index (κ2) is 5.19. The van der Waals surface area contributed by atoms with Crippen molar-refractivity contribution in [2.24, 2.45) is 0 Å². The minimum atomic E-state index is 0.285. The monoisotopic (exact) mass is 275 g/mol. The first-order valence-corrected chi connectivity index (χ1v) is 7.32. The molecule has 0 unspecified atom stereocenters. The van der Waals surface area contributed by atoms with Crippen molar-refractivity contribution in [1.82, 2.24) is 15.1 Å². The number of aromatic nitrogens is 2. The van der Waals surface area contributed by atoms with Gasteiger partial charge in [-0.3, -0.25) is 4.68 Å². The van der Waals surface area contributed by atoms with Gasteiger partial charge in [0.2, 0.25) is 0 Å². The van der Waals surface area contributed by atoms with Gasteiger partial charge in [-0.1, -0.05) is 48.5 Å². The number of hydrogen-bond donors (Lipinski definition) is 1. The lowest BCUT2D eigenvalue weighted by atomic mass is 10.1. The maximum absolute atomic E-state index is 4.25. The van der Waals surface area contributed by atoms with Crippen LogP contribution in [-0.4, -0.2) is 16.3 Å². The van der Waals surface area contributed by atoms with Crippen LogP contribution >= 0.6 is 0 Å². The van der Waals surface area contributed by atoms with Crippen molar-refractivity contribution in [3.8, 4) is 11.1 Å². The quantitative estimate of drug-likeness (QED) is 0.792. The molecule has 3 aromatic rings. The van der Waals surface area contributed by atoms with Gasteiger partial charge in [0, 0.05) is 18.9 Å². The van der Waals surface area contributed by atoms with Gasteiger partial charge >= 0.3 is 0 Å². The lowest BCUT2D eigenvalue weighted by Crippen LogP contribution is -2.25. The van der Waals surface area contributed by atoms with Crippen LogP contribution in [-0.2, 0) is 6.54 Å². The molecular formula is C18H17N3. The molecule has 0 amide bonds. The number of nitrogens with one attached hydrogen (secondary N) is 1. The lowest BCUT2D eigenvalue weighted by molar-refractivity contribution is 0.526. The number of nitrogens with zero attached hydrogens (tertiary/aromatic N) is 2. The second-order valence-electron chi connectivity index (χ2n) is 5.33. The molecule has 0 saturated carbocycles. The van der Waals surface area contributed by atoms with E-state index in [1.165, 1.54) is 22.3 Å². The van der Waals surface area contributed by atoms with Gasteiger partial charge in [-0.2, -0.15) is 5.10 Å². The molecule has 21 heavy (non-hydrogen) atoms. The summed E-state index contributed by atoms with van der Waals surface area (Å²) < 4.78 is 1.96. The standard InChI is InChI=1S/C18H17N3/c1-3-8-16-14(6-1)15-7-2-4-9-17(15)18(16)19-11-13-21-12-5-10-20-21/h1-10,12,18-19H,11,13H2. The van der Waals surface area contributed by atoms with Gasteiger partial charge < -0.3 is 5.32 Å². The number of rotatable bonds is 4. The van der Waals surface area contributed by atoms with Crippen LogP contribution < -0.4 is 5.32 Å². The average molecular weight is 275 g/mol. The summed E-state index contributed by atoms with van der Waals surface area (Å²) in [4.78, 5) is 0. The highest BCUT2D eigenvalue weighted by atomic mass is 15.3. The first kappa shape index (κ1) is 12.4. The molecule has 3 nitrogen and oxygen atoms in total. The molecule has 1 N–H and O–H groups in total. The predicted molar refractivity (Wildman–Crippen MR) is 84.0 cm³/mol. The summed E-state index contributed by atoms with van der Waals surface area (Å²) in [6.07, 6.45) is 3.82. The summed E-state index contributed by atoms with van der Waals surface area (Å²) >= 11 is 0. The minimum absolute atomic E-state index is 0.285.